The predicted octanol–water partition coefficient (Wildman–Crippen LogP) is 3.37. The molecular weight excluding hydrogens is 381 g/mol. The number of halogens is 2. The Kier molecular flexibility index (Phi) is 4.14. The molecule has 0 fully saturated rings. The summed E-state index contributed by atoms with van der Waals surface area (Å²) < 4.78 is 6.87. The van der Waals surface area contributed by atoms with Crippen LogP contribution in [0.5, 0.6) is 0 Å². The summed E-state index contributed by atoms with van der Waals surface area (Å²) in [6, 6.07) is 7.24. The van der Waals surface area contributed by atoms with Crippen molar-refractivity contribution >= 4 is 46.7 Å². The lowest BCUT2D eigenvalue weighted by molar-refractivity contribution is -0.125. The molecule has 2 N–H and O–H groups in total. The first-order valence-electron chi connectivity index (χ1n) is 7.57. The minimum absolute atomic E-state index is 0.0736. The average Bonchev–Trinajstić information content (AvgIpc) is 3.25. The largest absolute Gasteiger partial charge is 0.461 e. The fourth-order valence-corrected chi connectivity index (χ4v) is 3.16. The number of carbonyl (C=O) groups excluding carboxylic acids is 2. The molecule has 0 bridgehead atoms. The Morgan fingerprint density at radius 1 is 1.31 bits per heavy atom. The van der Waals surface area contributed by atoms with Crippen LogP contribution in [0.1, 0.15) is 12.5 Å². The Bertz CT molecular complexity index is 999. The lowest BCUT2D eigenvalue weighted by atomic mass is 10.1. The van der Waals surface area contributed by atoms with Gasteiger partial charge in [-0.2, -0.15) is 0 Å². The minimum Gasteiger partial charge on any atom is -0.461 e. The van der Waals surface area contributed by atoms with E-state index in [9.17, 15) is 9.59 Å². The Hall–Kier alpha value is -2.84. The highest BCUT2D eigenvalue weighted by atomic mass is 35.5. The molecule has 0 aliphatic carbocycles. The van der Waals surface area contributed by atoms with E-state index in [0.717, 1.165) is 0 Å². The van der Waals surface area contributed by atoms with Crippen LogP contribution in [0.25, 0.3) is 11.6 Å². The zero-order valence-corrected chi connectivity index (χ0v) is 14.6. The lowest BCUT2D eigenvalue weighted by Crippen LogP contribution is -2.35. The molecule has 0 unspecified atom stereocenters. The zero-order chi connectivity index (χ0) is 18.3. The van der Waals surface area contributed by atoms with E-state index in [0.29, 0.717) is 27.3 Å². The number of anilines is 2. The molecule has 0 saturated carbocycles. The smallest absolute Gasteiger partial charge is 0.248 e. The van der Waals surface area contributed by atoms with E-state index >= 15 is 0 Å². The van der Waals surface area contributed by atoms with Crippen molar-refractivity contribution in [2.24, 2.45) is 0 Å². The second-order valence-electron chi connectivity index (χ2n) is 5.58. The number of fused-ring (bicyclic) bond motifs is 1. The van der Waals surface area contributed by atoms with Crippen LogP contribution in [-0.4, -0.2) is 26.6 Å². The number of hydrogen-bond acceptors (Lipinski definition) is 5. The maximum absolute atomic E-state index is 12.8. The van der Waals surface area contributed by atoms with E-state index in [1.54, 1.807) is 24.3 Å². The number of nitrogens with one attached hydrogen (secondary N) is 2. The van der Waals surface area contributed by atoms with Crippen LogP contribution in [0.4, 0.5) is 11.6 Å². The van der Waals surface area contributed by atoms with E-state index in [1.165, 1.54) is 16.9 Å². The van der Waals surface area contributed by atoms with Crippen molar-refractivity contribution in [2.75, 3.05) is 10.6 Å². The van der Waals surface area contributed by atoms with Crippen molar-refractivity contribution in [1.29, 1.82) is 0 Å². The summed E-state index contributed by atoms with van der Waals surface area (Å²) in [5.74, 6) is 0.181. The standard InChI is InChI=1S/C16H11Cl2N5O3/c17-8-3-4-10(9(18)6-8)19-15(25)11-7-13(24)20-16-22-21-14(23(11)16)12-2-1-5-26-12/h1-6,11H,7H2,(H,19,25)(H,20,22,24)/t11-/m1/s1. The first-order chi connectivity index (χ1) is 12.5. The summed E-state index contributed by atoms with van der Waals surface area (Å²) >= 11 is 12.0. The maximum atomic E-state index is 12.8. The molecule has 132 valence electrons. The molecule has 8 nitrogen and oxygen atoms in total. The second kappa shape index (κ2) is 6.47. The summed E-state index contributed by atoms with van der Waals surface area (Å²) in [6.45, 7) is 0. The van der Waals surface area contributed by atoms with Gasteiger partial charge in [-0.05, 0) is 30.3 Å². The fourth-order valence-electron chi connectivity index (χ4n) is 2.71. The average molecular weight is 392 g/mol. The third-order valence-electron chi connectivity index (χ3n) is 3.87. The number of aromatic nitrogens is 3. The molecule has 1 aliphatic rings. The summed E-state index contributed by atoms with van der Waals surface area (Å²) in [5.41, 5.74) is 0.390. The molecule has 4 rings (SSSR count). The summed E-state index contributed by atoms with van der Waals surface area (Å²) in [6.07, 6.45) is 1.41. The highest BCUT2D eigenvalue weighted by Gasteiger charge is 2.35. The number of furan rings is 1. The van der Waals surface area contributed by atoms with Crippen LogP contribution in [0.2, 0.25) is 10.0 Å². The molecule has 3 aromatic rings. The van der Waals surface area contributed by atoms with E-state index < -0.39 is 11.9 Å². The van der Waals surface area contributed by atoms with Crippen LogP contribution in [0.3, 0.4) is 0 Å². The van der Waals surface area contributed by atoms with Gasteiger partial charge in [-0.1, -0.05) is 23.2 Å². The molecular formula is C16H11Cl2N5O3. The first kappa shape index (κ1) is 16.6. The summed E-state index contributed by atoms with van der Waals surface area (Å²) in [4.78, 5) is 24.8. The number of amides is 2. The molecule has 0 radical (unpaired) electrons. The van der Waals surface area contributed by atoms with Crippen LogP contribution in [0, 0.1) is 0 Å². The summed E-state index contributed by atoms with van der Waals surface area (Å²) in [5, 5.41) is 14.0. The Labute approximate surface area is 157 Å². The second-order valence-corrected chi connectivity index (χ2v) is 6.42. The van der Waals surface area contributed by atoms with Crippen molar-refractivity contribution in [3.05, 3.63) is 46.6 Å². The van der Waals surface area contributed by atoms with E-state index in [1.807, 2.05) is 0 Å². The number of carbonyl (C=O) groups is 2. The van der Waals surface area contributed by atoms with Gasteiger partial charge in [0.2, 0.25) is 23.6 Å². The van der Waals surface area contributed by atoms with Gasteiger partial charge in [0.1, 0.15) is 6.04 Å². The van der Waals surface area contributed by atoms with Crippen molar-refractivity contribution in [2.45, 2.75) is 12.5 Å². The van der Waals surface area contributed by atoms with Crippen molar-refractivity contribution < 1.29 is 14.0 Å². The predicted molar refractivity (Wildman–Crippen MR) is 95.1 cm³/mol. The molecule has 2 amide bonds. The Morgan fingerprint density at radius 2 is 2.15 bits per heavy atom. The van der Waals surface area contributed by atoms with Crippen LogP contribution < -0.4 is 10.6 Å². The van der Waals surface area contributed by atoms with E-state index in [-0.39, 0.29) is 18.3 Å². The van der Waals surface area contributed by atoms with Gasteiger partial charge in [0, 0.05) is 5.02 Å². The summed E-state index contributed by atoms with van der Waals surface area (Å²) in [7, 11) is 0. The number of rotatable bonds is 3. The van der Waals surface area contributed by atoms with Gasteiger partial charge in [-0.25, -0.2) is 0 Å². The Morgan fingerprint density at radius 3 is 2.88 bits per heavy atom. The zero-order valence-electron chi connectivity index (χ0n) is 13.1. The first-order valence-corrected chi connectivity index (χ1v) is 8.33. The molecule has 3 heterocycles. The van der Waals surface area contributed by atoms with Gasteiger partial charge < -0.3 is 9.73 Å². The molecule has 26 heavy (non-hydrogen) atoms. The van der Waals surface area contributed by atoms with Crippen LogP contribution >= 0.6 is 23.2 Å². The van der Waals surface area contributed by atoms with Gasteiger partial charge >= 0.3 is 0 Å². The fraction of sp³-hybridized carbons (Fsp3) is 0.125. The molecule has 1 atom stereocenters. The number of hydrogen-bond donors (Lipinski definition) is 2. The van der Waals surface area contributed by atoms with Gasteiger partial charge in [0.05, 0.1) is 23.4 Å². The third-order valence-corrected chi connectivity index (χ3v) is 4.42. The molecule has 0 saturated heterocycles. The van der Waals surface area contributed by atoms with Gasteiger partial charge in [-0.15, -0.1) is 10.2 Å². The van der Waals surface area contributed by atoms with Crippen LogP contribution in [-0.2, 0) is 9.59 Å². The number of nitrogens with zero attached hydrogens (tertiary/aromatic N) is 3. The Balaban J connectivity index is 1.70. The topological polar surface area (TPSA) is 102 Å². The third kappa shape index (κ3) is 2.93. The molecule has 10 heteroatoms. The van der Waals surface area contributed by atoms with Crippen molar-refractivity contribution in [3.8, 4) is 11.6 Å². The van der Waals surface area contributed by atoms with E-state index in [4.69, 9.17) is 27.6 Å². The molecule has 0 spiro atoms. The minimum atomic E-state index is -0.861. The SMILES string of the molecule is O=C1C[C@H](C(=O)Nc2ccc(Cl)cc2Cl)n2c(nnc2-c2ccco2)N1. The van der Waals surface area contributed by atoms with Crippen LogP contribution in [0.15, 0.2) is 41.0 Å². The van der Waals surface area contributed by atoms with Gasteiger partial charge in [0.15, 0.2) is 5.76 Å². The van der Waals surface area contributed by atoms with E-state index in [2.05, 4.69) is 20.8 Å². The maximum Gasteiger partial charge on any atom is 0.248 e. The van der Waals surface area contributed by atoms with Crippen molar-refractivity contribution in [1.82, 2.24) is 14.8 Å². The highest BCUT2D eigenvalue weighted by Crippen LogP contribution is 2.32. The molecule has 2 aromatic heterocycles. The molecule has 1 aliphatic heterocycles. The monoisotopic (exact) mass is 391 g/mol. The van der Waals surface area contributed by atoms with Gasteiger partial charge in [-0.3, -0.25) is 19.5 Å². The molecule has 1 aromatic carbocycles. The normalized spacial score (nSPS) is 16.1. The van der Waals surface area contributed by atoms with Crippen molar-refractivity contribution in [3.63, 3.8) is 0 Å². The number of benzene rings is 1. The quantitative estimate of drug-likeness (QED) is 0.712. The van der Waals surface area contributed by atoms with Gasteiger partial charge in [0.25, 0.3) is 0 Å². The lowest BCUT2D eigenvalue weighted by Gasteiger charge is -2.24. The highest BCUT2D eigenvalue weighted by molar-refractivity contribution is 6.36.